The zero-order valence-corrected chi connectivity index (χ0v) is 12.9. The number of anilines is 1. The van der Waals surface area contributed by atoms with Gasteiger partial charge in [-0.25, -0.2) is 4.98 Å². The molecule has 22 heavy (non-hydrogen) atoms. The van der Waals surface area contributed by atoms with Crippen LogP contribution in [0, 0.1) is 6.92 Å². The molecule has 0 unspecified atom stereocenters. The highest BCUT2D eigenvalue weighted by Crippen LogP contribution is 2.09. The molecular weight excluding hydrogens is 286 g/mol. The summed E-state index contributed by atoms with van der Waals surface area (Å²) < 4.78 is 5.03. The molecule has 0 saturated carbocycles. The number of hydrogen-bond donors (Lipinski definition) is 1. The van der Waals surface area contributed by atoms with E-state index in [0.29, 0.717) is 11.8 Å². The predicted molar refractivity (Wildman–Crippen MR) is 78.6 cm³/mol. The van der Waals surface area contributed by atoms with Gasteiger partial charge in [-0.1, -0.05) is 0 Å². The van der Waals surface area contributed by atoms with Crippen molar-refractivity contribution in [1.29, 1.82) is 0 Å². The van der Waals surface area contributed by atoms with E-state index in [9.17, 15) is 4.79 Å². The molecule has 1 amide bonds. The Morgan fingerprint density at radius 2 is 2.00 bits per heavy atom. The van der Waals surface area contributed by atoms with Crippen molar-refractivity contribution in [1.82, 2.24) is 30.2 Å². The van der Waals surface area contributed by atoms with Crippen LogP contribution in [-0.2, 0) is 6.54 Å². The number of hydrogen-bond acceptors (Lipinski definition) is 8. The topological polar surface area (TPSA) is 106 Å². The third-order valence-electron chi connectivity index (χ3n) is 2.65. The molecule has 0 aromatic carbocycles. The van der Waals surface area contributed by atoms with Gasteiger partial charge in [0.2, 0.25) is 5.95 Å². The number of nitrogens with one attached hydrogen (secondary N) is 1. The van der Waals surface area contributed by atoms with Crippen LogP contribution in [0.3, 0.4) is 0 Å². The number of amides is 1. The molecule has 0 saturated heterocycles. The van der Waals surface area contributed by atoms with Crippen LogP contribution in [0.2, 0.25) is 0 Å². The average molecular weight is 303 g/mol. The number of ether oxygens (including phenoxy) is 1. The van der Waals surface area contributed by atoms with Crippen molar-refractivity contribution in [3.63, 3.8) is 0 Å². The zero-order valence-electron chi connectivity index (χ0n) is 12.9. The lowest BCUT2D eigenvalue weighted by Gasteiger charge is -2.12. The zero-order chi connectivity index (χ0) is 16.1. The number of aromatic nitrogens is 5. The van der Waals surface area contributed by atoms with Gasteiger partial charge >= 0.3 is 6.01 Å². The number of aryl methyl sites for hydroxylation is 1. The summed E-state index contributed by atoms with van der Waals surface area (Å²) in [6.45, 7) is 1.93. The summed E-state index contributed by atoms with van der Waals surface area (Å²) in [6, 6.07) is 0.193. The van der Waals surface area contributed by atoms with E-state index in [0.717, 1.165) is 5.69 Å². The number of methoxy groups -OCH3 is 1. The number of rotatable bonds is 5. The maximum atomic E-state index is 12.0. The molecule has 0 fully saturated rings. The summed E-state index contributed by atoms with van der Waals surface area (Å²) in [5.74, 6) is 0.494. The van der Waals surface area contributed by atoms with Gasteiger partial charge in [-0.3, -0.25) is 9.78 Å². The maximum Gasteiger partial charge on any atom is 0.321 e. The molecule has 1 N–H and O–H groups in total. The fourth-order valence-electron chi connectivity index (χ4n) is 1.52. The van der Waals surface area contributed by atoms with E-state index in [1.807, 2.05) is 0 Å². The van der Waals surface area contributed by atoms with Gasteiger partial charge in [0, 0.05) is 20.3 Å². The van der Waals surface area contributed by atoms with E-state index < -0.39 is 0 Å². The Balaban J connectivity index is 2.09. The smallest absolute Gasteiger partial charge is 0.321 e. The lowest BCUT2D eigenvalue weighted by atomic mass is 10.4. The van der Waals surface area contributed by atoms with Crippen LogP contribution in [0.4, 0.5) is 5.95 Å². The Labute approximate surface area is 127 Å². The molecule has 0 bridgehead atoms. The Bertz CT molecular complexity index is 658. The van der Waals surface area contributed by atoms with Gasteiger partial charge in [-0.15, -0.1) is 0 Å². The van der Waals surface area contributed by atoms with Crippen LogP contribution in [-0.4, -0.2) is 52.0 Å². The molecular formula is C13H17N7O2. The van der Waals surface area contributed by atoms with Gasteiger partial charge in [0.05, 0.1) is 25.5 Å². The average Bonchev–Trinajstić information content (AvgIpc) is 2.52. The number of carbonyl (C=O) groups is 1. The SMILES string of the molecule is COc1nc(CNC(=O)c2cnc(C)cn2)nc(N(C)C)n1. The molecule has 0 aliphatic carbocycles. The molecule has 0 radical (unpaired) electrons. The predicted octanol–water partition coefficient (Wildman–Crippen LogP) is -0.0254. The van der Waals surface area contributed by atoms with Crippen LogP contribution in [0.1, 0.15) is 22.0 Å². The van der Waals surface area contributed by atoms with Crippen LogP contribution in [0.5, 0.6) is 6.01 Å². The summed E-state index contributed by atoms with van der Waals surface area (Å²) in [7, 11) is 5.08. The Morgan fingerprint density at radius 1 is 1.23 bits per heavy atom. The molecule has 9 heteroatoms. The Kier molecular flexibility index (Phi) is 4.77. The highest BCUT2D eigenvalue weighted by Gasteiger charge is 2.11. The summed E-state index contributed by atoms with van der Waals surface area (Å²) in [5, 5.41) is 2.68. The first-order valence-electron chi connectivity index (χ1n) is 6.52. The van der Waals surface area contributed by atoms with E-state index in [4.69, 9.17) is 4.74 Å². The molecule has 0 spiro atoms. The van der Waals surface area contributed by atoms with Gasteiger partial charge in [0.1, 0.15) is 5.69 Å². The van der Waals surface area contributed by atoms with Gasteiger partial charge in [0.25, 0.3) is 5.91 Å². The quantitative estimate of drug-likeness (QED) is 0.821. The van der Waals surface area contributed by atoms with Crippen molar-refractivity contribution in [3.05, 3.63) is 29.6 Å². The number of nitrogens with zero attached hydrogens (tertiary/aromatic N) is 6. The first kappa shape index (κ1) is 15.5. The first-order valence-corrected chi connectivity index (χ1v) is 6.52. The van der Waals surface area contributed by atoms with Crippen molar-refractivity contribution in [2.45, 2.75) is 13.5 Å². The van der Waals surface area contributed by atoms with Gasteiger partial charge < -0.3 is 15.0 Å². The minimum Gasteiger partial charge on any atom is -0.467 e. The number of carbonyl (C=O) groups excluding carboxylic acids is 1. The molecule has 2 aromatic rings. The third-order valence-corrected chi connectivity index (χ3v) is 2.65. The highest BCUT2D eigenvalue weighted by atomic mass is 16.5. The van der Waals surface area contributed by atoms with Crippen molar-refractivity contribution < 1.29 is 9.53 Å². The van der Waals surface area contributed by atoms with E-state index >= 15 is 0 Å². The largest absolute Gasteiger partial charge is 0.467 e. The van der Waals surface area contributed by atoms with Gasteiger partial charge in [0.15, 0.2) is 5.82 Å². The minimum absolute atomic E-state index is 0.133. The van der Waals surface area contributed by atoms with Crippen molar-refractivity contribution in [2.75, 3.05) is 26.1 Å². The van der Waals surface area contributed by atoms with Gasteiger partial charge in [-0.2, -0.15) is 15.0 Å². The summed E-state index contributed by atoms with van der Waals surface area (Å²) in [6.07, 6.45) is 2.95. The monoisotopic (exact) mass is 303 g/mol. The van der Waals surface area contributed by atoms with E-state index in [-0.39, 0.29) is 24.2 Å². The lowest BCUT2D eigenvalue weighted by Crippen LogP contribution is -2.26. The molecule has 2 aromatic heterocycles. The van der Waals surface area contributed by atoms with Gasteiger partial charge in [-0.05, 0) is 6.92 Å². The van der Waals surface area contributed by atoms with E-state index in [1.54, 1.807) is 25.9 Å². The molecule has 2 heterocycles. The molecule has 0 atom stereocenters. The summed E-state index contributed by atoms with van der Waals surface area (Å²) in [5.41, 5.74) is 0.980. The highest BCUT2D eigenvalue weighted by molar-refractivity contribution is 5.91. The Morgan fingerprint density at radius 3 is 2.59 bits per heavy atom. The standard InChI is InChI=1S/C13H17N7O2/c1-8-5-15-9(6-14-8)11(21)16-7-10-17-12(20(2)3)19-13(18-10)22-4/h5-6H,7H2,1-4H3,(H,16,21). The summed E-state index contributed by atoms with van der Waals surface area (Å²) >= 11 is 0. The second-order valence-corrected chi connectivity index (χ2v) is 4.66. The third kappa shape index (κ3) is 3.84. The van der Waals surface area contributed by atoms with Crippen molar-refractivity contribution in [2.24, 2.45) is 0 Å². The first-order chi connectivity index (χ1) is 10.5. The molecule has 9 nitrogen and oxygen atoms in total. The van der Waals surface area contributed by atoms with Crippen molar-refractivity contribution >= 4 is 11.9 Å². The molecule has 116 valence electrons. The minimum atomic E-state index is -0.349. The van der Waals surface area contributed by atoms with Crippen LogP contribution in [0.25, 0.3) is 0 Å². The van der Waals surface area contributed by atoms with E-state index in [2.05, 4.69) is 30.2 Å². The van der Waals surface area contributed by atoms with Crippen LogP contribution < -0.4 is 15.0 Å². The maximum absolute atomic E-state index is 12.0. The van der Waals surface area contributed by atoms with E-state index in [1.165, 1.54) is 19.5 Å². The van der Waals surface area contributed by atoms with Crippen molar-refractivity contribution in [3.8, 4) is 6.01 Å². The molecule has 0 aliphatic heterocycles. The lowest BCUT2D eigenvalue weighted by molar-refractivity contribution is 0.0944. The van der Waals surface area contributed by atoms with Crippen LogP contribution in [0.15, 0.2) is 12.4 Å². The Hall–Kier alpha value is -2.84. The normalized spacial score (nSPS) is 10.2. The molecule has 2 rings (SSSR count). The fourth-order valence-corrected chi connectivity index (χ4v) is 1.52. The second kappa shape index (κ2) is 6.74. The fraction of sp³-hybridized carbons (Fsp3) is 0.385. The summed E-state index contributed by atoms with van der Waals surface area (Å²) in [4.78, 5) is 34.2. The van der Waals surface area contributed by atoms with Crippen LogP contribution >= 0.6 is 0 Å². The second-order valence-electron chi connectivity index (χ2n) is 4.66. The molecule has 0 aliphatic rings.